The van der Waals surface area contributed by atoms with Crippen LogP contribution in [-0.2, 0) is 9.59 Å². The van der Waals surface area contributed by atoms with E-state index in [1.54, 1.807) is 25.3 Å². The molecule has 1 aromatic carbocycles. The molecule has 0 heterocycles. The minimum atomic E-state index is -0.999. The van der Waals surface area contributed by atoms with E-state index in [0.29, 0.717) is 5.75 Å². The molecule has 1 N–H and O–H groups in total. The van der Waals surface area contributed by atoms with Crippen LogP contribution in [0.1, 0.15) is 25.3 Å². The van der Waals surface area contributed by atoms with E-state index in [9.17, 15) is 9.59 Å². The molecule has 6 heteroatoms. The summed E-state index contributed by atoms with van der Waals surface area (Å²) >= 11 is 0. The van der Waals surface area contributed by atoms with Gasteiger partial charge in [-0.1, -0.05) is 0 Å². The van der Waals surface area contributed by atoms with Gasteiger partial charge in [0.25, 0.3) is 5.91 Å². The summed E-state index contributed by atoms with van der Waals surface area (Å²) in [6.45, 7) is 3.24. The molecule has 0 radical (unpaired) electrons. The van der Waals surface area contributed by atoms with Crippen LogP contribution in [0.5, 0.6) is 11.5 Å². The Morgan fingerprint density at radius 1 is 1.41 bits per heavy atom. The van der Waals surface area contributed by atoms with Gasteiger partial charge in [0.2, 0.25) is 0 Å². The van der Waals surface area contributed by atoms with Crippen LogP contribution in [0, 0.1) is 6.92 Å². The van der Waals surface area contributed by atoms with Crippen molar-refractivity contribution in [2.75, 3.05) is 13.7 Å². The number of nitrogens with zero attached hydrogens (tertiary/aromatic N) is 1. The van der Waals surface area contributed by atoms with Crippen molar-refractivity contribution in [3.8, 4) is 11.5 Å². The molecule has 1 aliphatic rings. The lowest BCUT2D eigenvalue weighted by atomic mass is 10.2. The lowest BCUT2D eigenvalue weighted by Crippen LogP contribution is -2.46. The Kier molecular flexibility index (Phi) is 4.90. The van der Waals surface area contributed by atoms with Gasteiger partial charge in [-0.2, -0.15) is 0 Å². The Balaban J connectivity index is 1.99. The first-order chi connectivity index (χ1) is 10.4. The van der Waals surface area contributed by atoms with Crippen LogP contribution < -0.4 is 9.47 Å². The topological polar surface area (TPSA) is 76.1 Å². The van der Waals surface area contributed by atoms with Gasteiger partial charge in [0.15, 0.2) is 6.61 Å². The van der Waals surface area contributed by atoms with E-state index in [1.165, 1.54) is 11.8 Å². The van der Waals surface area contributed by atoms with E-state index in [0.717, 1.165) is 24.2 Å². The van der Waals surface area contributed by atoms with Gasteiger partial charge >= 0.3 is 5.97 Å². The Bertz CT molecular complexity index is 568. The van der Waals surface area contributed by atoms with Crippen molar-refractivity contribution in [2.24, 2.45) is 0 Å². The zero-order valence-corrected chi connectivity index (χ0v) is 13.0. The molecule has 1 atom stereocenters. The number of methoxy groups -OCH3 is 1. The molecule has 1 aliphatic carbocycles. The molecule has 0 aromatic heterocycles. The SMILES string of the molecule is COc1ccc(OCC(=O)N(C2CC2)C(C)C(=O)O)cc1C. The Morgan fingerprint density at radius 2 is 2.09 bits per heavy atom. The average Bonchev–Trinajstić information content (AvgIpc) is 3.30. The normalized spacial score (nSPS) is 15.0. The number of benzene rings is 1. The molecule has 1 fully saturated rings. The van der Waals surface area contributed by atoms with Crippen molar-refractivity contribution in [1.82, 2.24) is 4.90 Å². The Morgan fingerprint density at radius 3 is 2.59 bits per heavy atom. The maximum Gasteiger partial charge on any atom is 0.326 e. The van der Waals surface area contributed by atoms with Crippen molar-refractivity contribution in [2.45, 2.75) is 38.8 Å². The van der Waals surface area contributed by atoms with E-state index in [1.807, 2.05) is 6.92 Å². The molecule has 0 aliphatic heterocycles. The van der Waals surface area contributed by atoms with E-state index in [2.05, 4.69) is 0 Å². The molecule has 1 unspecified atom stereocenters. The summed E-state index contributed by atoms with van der Waals surface area (Å²) in [7, 11) is 1.59. The van der Waals surface area contributed by atoms with Gasteiger partial charge < -0.3 is 19.5 Å². The monoisotopic (exact) mass is 307 g/mol. The lowest BCUT2D eigenvalue weighted by Gasteiger charge is -2.26. The number of aliphatic carboxylic acids is 1. The van der Waals surface area contributed by atoms with Crippen LogP contribution in [0.25, 0.3) is 0 Å². The van der Waals surface area contributed by atoms with Crippen molar-refractivity contribution in [3.63, 3.8) is 0 Å². The molecule has 0 bridgehead atoms. The standard InChI is InChI=1S/C16H21NO5/c1-10-8-13(6-7-14(10)21-3)22-9-15(18)17(12-4-5-12)11(2)16(19)20/h6-8,11-12H,4-5,9H2,1-3H3,(H,19,20). The highest BCUT2D eigenvalue weighted by atomic mass is 16.5. The van der Waals surface area contributed by atoms with E-state index >= 15 is 0 Å². The van der Waals surface area contributed by atoms with E-state index < -0.39 is 12.0 Å². The highest BCUT2D eigenvalue weighted by Gasteiger charge is 2.38. The number of hydrogen-bond acceptors (Lipinski definition) is 4. The highest BCUT2D eigenvalue weighted by Crippen LogP contribution is 2.29. The third-order valence-corrected chi connectivity index (χ3v) is 3.73. The van der Waals surface area contributed by atoms with Gasteiger partial charge in [-0.25, -0.2) is 4.79 Å². The number of rotatable bonds is 7. The van der Waals surface area contributed by atoms with E-state index in [4.69, 9.17) is 14.6 Å². The van der Waals surface area contributed by atoms with Crippen molar-refractivity contribution >= 4 is 11.9 Å². The van der Waals surface area contributed by atoms with Crippen molar-refractivity contribution < 1.29 is 24.2 Å². The number of carbonyl (C=O) groups excluding carboxylic acids is 1. The minimum Gasteiger partial charge on any atom is -0.496 e. The quantitative estimate of drug-likeness (QED) is 0.832. The van der Waals surface area contributed by atoms with Gasteiger partial charge in [-0.05, 0) is 50.5 Å². The molecule has 6 nitrogen and oxygen atoms in total. The van der Waals surface area contributed by atoms with Crippen LogP contribution in [0.3, 0.4) is 0 Å². The summed E-state index contributed by atoms with van der Waals surface area (Å²) in [5.74, 6) is 0.00886. The van der Waals surface area contributed by atoms with E-state index in [-0.39, 0.29) is 18.6 Å². The number of carboxylic acids is 1. The number of hydrogen-bond donors (Lipinski definition) is 1. The number of carbonyl (C=O) groups is 2. The van der Waals surface area contributed by atoms with Crippen molar-refractivity contribution in [1.29, 1.82) is 0 Å². The molecule has 0 saturated heterocycles. The van der Waals surface area contributed by atoms with Gasteiger partial charge in [0.1, 0.15) is 17.5 Å². The first-order valence-electron chi connectivity index (χ1n) is 7.25. The third kappa shape index (κ3) is 3.69. The van der Waals surface area contributed by atoms with Crippen LogP contribution in [0.2, 0.25) is 0 Å². The zero-order chi connectivity index (χ0) is 16.3. The largest absolute Gasteiger partial charge is 0.496 e. The van der Waals surface area contributed by atoms with Gasteiger partial charge in [-0.15, -0.1) is 0 Å². The molecule has 1 saturated carbocycles. The molecular weight excluding hydrogens is 286 g/mol. The summed E-state index contributed by atoms with van der Waals surface area (Å²) in [5, 5.41) is 9.11. The van der Waals surface area contributed by atoms with Crippen LogP contribution >= 0.6 is 0 Å². The summed E-state index contributed by atoms with van der Waals surface area (Å²) in [4.78, 5) is 24.8. The van der Waals surface area contributed by atoms with Crippen LogP contribution in [0.4, 0.5) is 0 Å². The summed E-state index contributed by atoms with van der Waals surface area (Å²) in [5.41, 5.74) is 0.908. The molecular formula is C16H21NO5. The maximum absolute atomic E-state index is 12.3. The number of amides is 1. The van der Waals surface area contributed by atoms with Gasteiger partial charge in [0, 0.05) is 6.04 Å². The lowest BCUT2D eigenvalue weighted by molar-refractivity contribution is -0.150. The summed E-state index contributed by atoms with van der Waals surface area (Å²) in [6, 6.07) is 4.48. The molecule has 2 rings (SSSR count). The predicted octanol–water partition coefficient (Wildman–Crippen LogP) is 1.85. The van der Waals surface area contributed by atoms with Gasteiger partial charge in [-0.3, -0.25) is 4.79 Å². The Hall–Kier alpha value is -2.24. The maximum atomic E-state index is 12.3. The first kappa shape index (κ1) is 16.1. The Labute approximate surface area is 129 Å². The van der Waals surface area contributed by atoms with Gasteiger partial charge in [0.05, 0.1) is 7.11 Å². The minimum absolute atomic E-state index is 0.0276. The molecule has 1 aromatic rings. The molecule has 120 valence electrons. The number of ether oxygens (including phenoxy) is 2. The highest BCUT2D eigenvalue weighted by molar-refractivity contribution is 5.84. The fourth-order valence-corrected chi connectivity index (χ4v) is 2.37. The fraction of sp³-hybridized carbons (Fsp3) is 0.500. The van der Waals surface area contributed by atoms with Crippen LogP contribution in [-0.4, -0.2) is 47.7 Å². The average molecular weight is 307 g/mol. The van der Waals surface area contributed by atoms with Crippen LogP contribution in [0.15, 0.2) is 18.2 Å². The second-order valence-electron chi connectivity index (χ2n) is 5.47. The molecule has 1 amide bonds. The molecule has 22 heavy (non-hydrogen) atoms. The second kappa shape index (κ2) is 6.68. The molecule has 0 spiro atoms. The zero-order valence-electron chi connectivity index (χ0n) is 13.0. The summed E-state index contributed by atoms with van der Waals surface area (Å²) in [6.07, 6.45) is 1.70. The van der Waals surface area contributed by atoms with Crippen molar-refractivity contribution in [3.05, 3.63) is 23.8 Å². The number of aryl methyl sites for hydroxylation is 1. The fourth-order valence-electron chi connectivity index (χ4n) is 2.37. The smallest absolute Gasteiger partial charge is 0.326 e. The summed E-state index contributed by atoms with van der Waals surface area (Å²) < 4.78 is 10.7. The first-order valence-corrected chi connectivity index (χ1v) is 7.25. The predicted molar refractivity (Wildman–Crippen MR) is 80.2 cm³/mol. The third-order valence-electron chi connectivity index (χ3n) is 3.73. The number of carboxylic acid groups (broad SMARTS) is 1. The second-order valence-corrected chi connectivity index (χ2v) is 5.47.